The van der Waals surface area contributed by atoms with Gasteiger partial charge in [0.05, 0.1) is 45.1 Å². The molecule has 0 saturated carbocycles. The van der Waals surface area contributed by atoms with Crippen molar-refractivity contribution < 1.29 is 33.3 Å². The summed E-state index contributed by atoms with van der Waals surface area (Å²) < 4.78 is 33.9. The summed E-state index contributed by atoms with van der Waals surface area (Å²) in [6.07, 6.45) is -4.07. The van der Waals surface area contributed by atoms with E-state index in [1.54, 1.807) is 4.90 Å². The third kappa shape index (κ3) is 10.9. The van der Waals surface area contributed by atoms with E-state index in [0.717, 1.165) is 32.6 Å². The average Bonchev–Trinajstić information content (AvgIpc) is 3.30. The number of nitrogens with zero attached hydrogens (tertiary/aromatic N) is 1. The van der Waals surface area contributed by atoms with E-state index in [1.807, 2.05) is 158 Å². The lowest BCUT2D eigenvalue weighted by Crippen LogP contribution is -2.70. The highest BCUT2D eigenvalue weighted by Crippen LogP contribution is 2.38. The number of aliphatic hydroxyl groups excluding tert-OH is 1. The Morgan fingerprint density at radius 2 is 0.951 bits per heavy atom. The molecule has 1 N–H and O–H groups in total. The van der Waals surface area contributed by atoms with Gasteiger partial charge in [0.2, 0.25) is 0 Å². The predicted octanol–water partition coefficient (Wildman–Crippen LogP) is 8.70. The van der Waals surface area contributed by atoms with Gasteiger partial charge in [0.25, 0.3) is 8.32 Å². The lowest BCUT2D eigenvalue weighted by atomic mass is 9.89. The van der Waals surface area contributed by atoms with Crippen LogP contribution in [0.25, 0.3) is 0 Å². The van der Waals surface area contributed by atoms with Crippen molar-refractivity contribution in [3.63, 3.8) is 0 Å². The second-order valence-electron chi connectivity index (χ2n) is 16.6. The molecule has 61 heavy (non-hydrogen) atoms. The summed E-state index contributed by atoms with van der Waals surface area (Å²) in [5, 5.41) is 14.7. The van der Waals surface area contributed by atoms with Gasteiger partial charge in [0.15, 0.2) is 0 Å². The van der Waals surface area contributed by atoms with Gasteiger partial charge in [0.1, 0.15) is 24.9 Å². The third-order valence-electron chi connectivity index (χ3n) is 11.4. The Morgan fingerprint density at radius 1 is 0.574 bits per heavy atom. The lowest BCUT2D eigenvalue weighted by molar-refractivity contribution is -0.212. The molecule has 7 rings (SSSR count). The van der Waals surface area contributed by atoms with Crippen molar-refractivity contribution in [1.82, 2.24) is 4.90 Å². The lowest BCUT2D eigenvalue weighted by Gasteiger charge is -2.50. The standard InChI is InChI=1S/C52H57NO7Si/c1-52(2,3)61(44-30-18-8-19-31-44,45-32-20-9-21-33-45)60-39-46(54)48-50(58-37-42-26-14-6-15-27-42)49(57-36-41-24-12-5-13-25-41)47(56-35-40-22-10-4-11-23-40)34-53(48)51(55)59-38-43-28-16-7-17-29-43/h4-33,46-50,54H,34-39H2,1-3H3/t46-,47?,48?,49?,50+/m0/s1. The van der Waals surface area contributed by atoms with Crippen molar-refractivity contribution in [2.24, 2.45) is 0 Å². The average molecular weight is 836 g/mol. The Morgan fingerprint density at radius 3 is 1.38 bits per heavy atom. The van der Waals surface area contributed by atoms with Crippen LogP contribution in [0.4, 0.5) is 4.79 Å². The summed E-state index contributed by atoms with van der Waals surface area (Å²) in [5.41, 5.74) is 3.73. The van der Waals surface area contributed by atoms with Crippen LogP contribution in [-0.4, -0.2) is 68.0 Å². The highest BCUT2D eigenvalue weighted by atomic mass is 28.4. The Balaban J connectivity index is 1.29. The molecule has 0 bridgehead atoms. The normalized spacial score (nSPS) is 18.7. The van der Waals surface area contributed by atoms with Crippen molar-refractivity contribution >= 4 is 24.8 Å². The third-order valence-corrected chi connectivity index (χ3v) is 16.4. The molecular formula is C52H57NO7Si. The van der Waals surface area contributed by atoms with E-state index in [4.69, 9.17) is 23.4 Å². The molecule has 6 aromatic carbocycles. The number of hydrogen-bond acceptors (Lipinski definition) is 7. The highest BCUT2D eigenvalue weighted by molar-refractivity contribution is 6.99. The van der Waals surface area contributed by atoms with E-state index in [0.29, 0.717) is 0 Å². The molecular weight excluding hydrogens is 779 g/mol. The summed E-state index contributed by atoms with van der Waals surface area (Å²) in [6.45, 7) is 7.39. The number of hydrogen-bond donors (Lipinski definition) is 1. The van der Waals surface area contributed by atoms with E-state index in [2.05, 4.69) is 45.0 Å². The maximum absolute atomic E-state index is 14.6. The molecule has 9 heteroatoms. The molecule has 3 unspecified atom stereocenters. The van der Waals surface area contributed by atoms with Gasteiger partial charge in [-0.25, -0.2) is 4.79 Å². The Hall–Kier alpha value is -5.39. The van der Waals surface area contributed by atoms with Gasteiger partial charge < -0.3 is 28.5 Å². The largest absolute Gasteiger partial charge is 0.445 e. The van der Waals surface area contributed by atoms with Gasteiger partial charge in [-0.05, 0) is 37.7 Å². The predicted molar refractivity (Wildman–Crippen MR) is 242 cm³/mol. The molecule has 1 heterocycles. The number of carbonyl (C=O) groups is 1. The summed E-state index contributed by atoms with van der Waals surface area (Å²) in [4.78, 5) is 16.2. The highest BCUT2D eigenvalue weighted by Gasteiger charge is 2.54. The van der Waals surface area contributed by atoms with Crippen LogP contribution in [0.5, 0.6) is 0 Å². The zero-order valence-electron chi connectivity index (χ0n) is 35.3. The number of likely N-dealkylation sites (tertiary alicyclic amines) is 1. The molecule has 5 atom stereocenters. The zero-order valence-corrected chi connectivity index (χ0v) is 36.3. The fourth-order valence-corrected chi connectivity index (χ4v) is 12.9. The minimum Gasteiger partial charge on any atom is -0.445 e. The number of aliphatic hydroxyl groups is 1. The summed E-state index contributed by atoms with van der Waals surface area (Å²) in [6, 6.07) is 59.0. The van der Waals surface area contributed by atoms with Crippen LogP contribution >= 0.6 is 0 Å². The van der Waals surface area contributed by atoms with Gasteiger partial charge in [-0.15, -0.1) is 0 Å². The topological polar surface area (TPSA) is 86.7 Å². The second-order valence-corrected chi connectivity index (χ2v) is 20.9. The minimum absolute atomic E-state index is 0.0521. The van der Waals surface area contributed by atoms with Crippen LogP contribution < -0.4 is 10.4 Å². The van der Waals surface area contributed by atoms with Crippen LogP contribution in [0.2, 0.25) is 5.04 Å². The first-order valence-electron chi connectivity index (χ1n) is 21.1. The number of amides is 1. The minimum atomic E-state index is -3.11. The molecule has 0 radical (unpaired) electrons. The summed E-state index contributed by atoms with van der Waals surface area (Å²) >= 11 is 0. The molecule has 0 spiro atoms. The van der Waals surface area contributed by atoms with Crippen molar-refractivity contribution in [3.8, 4) is 0 Å². The SMILES string of the molecule is CC(C)(C)[Si](OC[C@H](O)C1[C@@H](OCc2ccccc2)C(OCc2ccccc2)C(OCc2ccccc2)CN1C(=O)OCc1ccccc1)(c1ccccc1)c1ccccc1. The molecule has 0 aliphatic carbocycles. The van der Waals surface area contributed by atoms with Gasteiger partial charge in [-0.3, -0.25) is 4.90 Å². The van der Waals surface area contributed by atoms with Crippen LogP contribution in [0.1, 0.15) is 43.0 Å². The Labute approximate surface area is 361 Å². The summed E-state index contributed by atoms with van der Waals surface area (Å²) in [5.74, 6) is 0. The van der Waals surface area contributed by atoms with Crippen molar-refractivity contribution in [2.75, 3.05) is 13.2 Å². The van der Waals surface area contributed by atoms with Gasteiger partial charge in [-0.1, -0.05) is 203 Å². The molecule has 1 fully saturated rings. The van der Waals surface area contributed by atoms with Crippen molar-refractivity contribution in [1.29, 1.82) is 0 Å². The van der Waals surface area contributed by atoms with Crippen LogP contribution in [0.3, 0.4) is 0 Å². The van der Waals surface area contributed by atoms with Gasteiger partial charge in [0, 0.05) is 0 Å². The quantitative estimate of drug-likeness (QED) is 0.0921. The molecule has 0 aromatic heterocycles. The smallest absolute Gasteiger partial charge is 0.410 e. The molecule has 1 amide bonds. The summed E-state index contributed by atoms with van der Waals surface area (Å²) in [7, 11) is -3.11. The van der Waals surface area contributed by atoms with E-state index in [-0.39, 0.29) is 44.6 Å². The second kappa shape index (κ2) is 20.9. The van der Waals surface area contributed by atoms with Crippen LogP contribution in [-0.2, 0) is 49.8 Å². The maximum Gasteiger partial charge on any atom is 0.410 e. The molecule has 1 aliphatic heterocycles. The van der Waals surface area contributed by atoms with Crippen molar-refractivity contribution in [3.05, 3.63) is 204 Å². The van der Waals surface area contributed by atoms with Crippen LogP contribution in [0, 0.1) is 0 Å². The van der Waals surface area contributed by atoms with Crippen molar-refractivity contribution in [2.45, 2.75) is 82.7 Å². The fourth-order valence-electron chi connectivity index (χ4n) is 8.35. The van der Waals surface area contributed by atoms with Gasteiger partial charge in [-0.2, -0.15) is 0 Å². The molecule has 6 aromatic rings. The number of piperidine rings is 1. The number of carbonyl (C=O) groups excluding carboxylic acids is 1. The van der Waals surface area contributed by atoms with Gasteiger partial charge >= 0.3 is 6.09 Å². The fraction of sp³-hybridized carbons (Fsp3) is 0.288. The number of ether oxygens (including phenoxy) is 4. The first-order chi connectivity index (χ1) is 29.7. The van der Waals surface area contributed by atoms with E-state index >= 15 is 0 Å². The van der Waals surface area contributed by atoms with Crippen LogP contribution in [0.15, 0.2) is 182 Å². The van der Waals surface area contributed by atoms with E-state index < -0.39 is 44.9 Å². The Kier molecular flexibility index (Phi) is 15.0. The molecule has 8 nitrogen and oxygen atoms in total. The first kappa shape index (κ1) is 43.7. The molecule has 1 saturated heterocycles. The number of benzene rings is 6. The zero-order chi connectivity index (χ0) is 42.5. The van der Waals surface area contributed by atoms with E-state index in [1.165, 1.54) is 0 Å². The molecule has 316 valence electrons. The maximum atomic E-state index is 14.6. The monoisotopic (exact) mass is 835 g/mol. The first-order valence-corrected chi connectivity index (χ1v) is 23.0. The number of rotatable bonds is 17. The van der Waals surface area contributed by atoms with E-state index in [9.17, 15) is 9.90 Å². The Bertz CT molecular complexity index is 2150. The molecule has 1 aliphatic rings.